The van der Waals surface area contributed by atoms with Crippen LogP contribution >= 0.6 is 0 Å². The van der Waals surface area contributed by atoms with Crippen molar-refractivity contribution in [2.24, 2.45) is 7.05 Å². The zero-order chi connectivity index (χ0) is 15.5. The van der Waals surface area contributed by atoms with E-state index in [1.54, 1.807) is 10.6 Å². The molecule has 1 heterocycles. The molecule has 1 aliphatic rings. The first-order valence-electron chi connectivity index (χ1n) is 7.57. The van der Waals surface area contributed by atoms with Crippen molar-refractivity contribution < 1.29 is 0 Å². The van der Waals surface area contributed by atoms with Crippen LogP contribution in [0.1, 0.15) is 28.8 Å². The van der Waals surface area contributed by atoms with Crippen molar-refractivity contribution in [2.75, 3.05) is 0 Å². The van der Waals surface area contributed by atoms with Gasteiger partial charge in [-0.15, -0.1) is 0 Å². The molecule has 1 atom stereocenters. The van der Waals surface area contributed by atoms with Crippen LogP contribution in [-0.2, 0) is 26.4 Å². The first-order chi connectivity index (χ1) is 10.7. The molecule has 4 heteroatoms. The van der Waals surface area contributed by atoms with Gasteiger partial charge in [0.2, 0.25) is 5.56 Å². The molecule has 0 radical (unpaired) electrons. The predicted molar refractivity (Wildman–Crippen MR) is 85.5 cm³/mol. The van der Waals surface area contributed by atoms with Crippen LogP contribution < -0.4 is 10.9 Å². The van der Waals surface area contributed by atoms with Crippen molar-refractivity contribution >= 4 is 0 Å². The molecular formula is C18H19N3O. The first-order valence-corrected chi connectivity index (χ1v) is 7.57. The Morgan fingerprint density at radius 2 is 2.23 bits per heavy atom. The van der Waals surface area contributed by atoms with Gasteiger partial charge >= 0.3 is 0 Å². The molecule has 0 aliphatic heterocycles. The third-order valence-corrected chi connectivity index (χ3v) is 4.38. The van der Waals surface area contributed by atoms with Crippen molar-refractivity contribution in [1.82, 2.24) is 9.88 Å². The molecule has 0 bridgehead atoms. The zero-order valence-electron chi connectivity index (χ0n) is 12.7. The monoisotopic (exact) mass is 293 g/mol. The lowest BCUT2D eigenvalue weighted by Gasteiger charge is -2.27. The van der Waals surface area contributed by atoms with E-state index in [2.05, 4.69) is 11.4 Å². The third kappa shape index (κ3) is 2.95. The molecule has 3 rings (SSSR count). The maximum absolute atomic E-state index is 11.7. The van der Waals surface area contributed by atoms with Gasteiger partial charge in [0.1, 0.15) is 0 Å². The largest absolute Gasteiger partial charge is 0.315 e. The van der Waals surface area contributed by atoms with Crippen LogP contribution in [0.25, 0.3) is 0 Å². The van der Waals surface area contributed by atoms with Crippen LogP contribution in [-0.4, -0.2) is 10.6 Å². The summed E-state index contributed by atoms with van der Waals surface area (Å²) in [6.45, 7) is 0.765. The Kier molecular flexibility index (Phi) is 4.08. The number of hydrogen-bond donors (Lipinski definition) is 1. The van der Waals surface area contributed by atoms with Gasteiger partial charge in [-0.05, 0) is 42.5 Å². The molecule has 0 saturated heterocycles. The number of nitrogens with one attached hydrogen (secondary N) is 1. The highest BCUT2D eigenvalue weighted by atomic mass is 16.1. The van der Waals surface area contributed by atoms with E-state index in [0.29, 0.717) is 11.6 Å². The van der Waals surface area contributed by atoms with Gasteiger partial charge in [-0.2, -0.15) is 5.26 Å². The van der Waals surface area contributed by atoms with E-state index in [0.717, 1.165) is 37.1 Å². The number of fused-ring (bicyclic) bond motifs is 1. The normalized spacial score (nSPS) is 16.8. The fourth-order valence-electron chi connectivity index (χ4n) is 3.11. The summed E-state index contributed by atoms with van der Waals surface area (Å²) < 4.78 is 1.77. The molecule has 0 amide bonds. The van der Waals surface area contributed by atoms with E-state index >= 15 is 0 Å². The van der Waals surface area contributed by atoms with Crippen molar-refractivity contribution in [3.63, 3.8) is 0 Å². The van der Waals surface area contributed by atoms with Crippen LogP contribution in [0.15, 0.2) is 41.2 Å². The van der Waals surface area contributed by atoms with Gasteiger partial charge in [0.25, 0.3) is 0 Å². The standard InChI is InChI=1S/C18H19N3O/c1-21-17-7-6-16(10-15(17)5-8-18(21)22)20-12-14-4-2-3-13(9-14)11-19/h2-5,8-9,16,20H,6-7,10,12H2,1H3. The quantitative estimate of drug-likeness (QED) is 0.940. The van der Waals surface area contributed by atoms with Crippen LogP contribution in [0, 0.1) is 11.3 Å². The molecular weight excluding hydrogens is 274 g/mol. The van der Waals surface area contributed by atoms with Crippen LogP contribution in [0.3, 0.4) is 0 Å². The second-order valence-electron chi connectivity index (χ2n) is 5.84. The minimum Gasteiger partial charge on any atom is -0.315 e. The van der Waals surface area contributed by atoms with Gasteiger partial charge < -0.3 is 9.88 Å². The van der Waals surface area contributed by atoms with Crippen LogP contribution in [0.2, 0.25) is 0 Å². The molecule has 112 valence electrons. The predicted octanol–water partition coefficient (Wildman–Crippen LogP) is 1.90. The molecule has 1 unspecified atom stereocenters. The number of nitrogens with zero attached hydrogens (tertiary/aromatic N) is 2. The van der Waals surface area contributed by atoms with Crippen molar-refractivity contribution in [2.45, 2.75) is 31.8 Å². The molecule has 1 N–H and O–H groups in total. The summed E-state index contributed by atoms with van der Waals surface area (Å²) in [5, 5.41) is 12.5. The van der Waals surface area contributed by atoms with E-state index in [-0.39, 0.29) is 5.56 Å². The summed E-state index contributed by atoms with van der Waals surface area (Å²) in [5.41, 5.74) is 4.32. The summed E-state index contributed by atoms with van der Waals surface area (Å²) in [5.74, 6) is 0. The lowest BCUT2D eigenvalue weighted by atomic mass is 9.91. The summed E-state index contributed by atoms with van der Waals surface area (Å²) in [7, 11) is 1.85. The van der Waals surface area contributed by atoms with Crippen LogP contribution in [0.5, 0.6) is 0 Å². The van der Waals surface area contributed by atoms with E-state index in [1.807, 2.05) is 37.4 Å². The highest BCUT2D eigenvalue weighted by Crippen LogP contribution is 2.20. The Balaban J connectivity index is 1.67. The Bertz CT molecular complexity index is 786. The number of rotatable bonds is 3. The Hall–Kier alpha value is -2.38. The van der Waals surface area contributed by atoms with Gasteiger partial charge in [0.05, 0.1) is 11.6 Å². The minimum atomic E-state index is 0.0680. The molecule has 1 aliphatic carbocycles. The highest BCUT2D eigenvalue weighted by molar-refractivity contribution is 5.32. The van der Waals surface area contributed by atoms with Gasteiger partial charge in [-0.25, -0.2) is 0 Å². The third-order valence-electron chi connectivity index (χ3n) is 4.38. The summed E-state index contributed by atoms with van der Waals surface area (Å²) in [4.78, 5) is 11.7. The average Bonchev–Trinajstić information content (AvgIpc) is 2.56. The molecule has 2 aromatic rings. The van der Waals surface area contributed by atoms with Crippen molar-refractivity contribution in [3.05, 3.63) is 69.1 Å². The van der Waals surface area contributed by atoms with E-state index in [1.165, 1.54) is 5.56 Å². The Morgan fingerprint density at radius 1 is 1.36 bits per heavy atom. The summed E-state index contributed by atoms with van der Waals surface area (Å²) in [6.07, 6.45) is 2.90. The van der Waals surface area contributed by atoms with E-state index in [9.17, 15) is 4.79 Å². The van der Waals surface area contributed by atoms with Crippen molar-refractivity contribution in [3.8, 4) is 6.07 Å². The van der Waals surface area contributed by atoms with Crippen LogP contribution in [0.4, 0.5) is 0 Å². The molecule has 0 saturated carbocycles. The zero-order valence-corrected chi connectivity index (χ0v) is 12.7. The number of nitriles is 1. The first kappa shape index (κ1) is 14.6. The number of pyridine rings is 1. The number of aromatic nitrogens is 1. The summed E-state index contributed by atoms with van der Waals surface area (Å²) in [6, 6.07) is 13.9. The van der Waals surface area contributed by atoms with Gasteiger partial charge in [-0.3, -0.25) is 4.79 Å². The minimum absolute atomic E-state index is 0.0680. The smallest absolute Gasteiger partial charge is 0.250 e. The average molecular weight is 293 g/mol. The maximum atomic E-state index is 11.7. The topological polar surface area (TPSA) is 57.8 Å². The van der Waals surface area contributed by atoms with Gasteiger partial charge in [0, 0.05) is 31.4 Å². The lowest BCUT2D eigenvalue weighted by Crippen LogP contribution is -2.36. The lowest BCUT2D eigenvalue weighted by molar-refractivity contribution is 0.445. The van der Waals surface area contributed by atoms with E-state index < -0.39 is 0 Å². The molecule has 22 heavy (non-hydrogen) atoms. The number of hydrogen-bond acceptors (Lipinski definition) is 3. The van der Waals surface area contributed by atoms with Gasteiger partial charge in [0.15, 0.2) is 0 Å². The van der Waals surface area contributed by atoms with E-state index in [4.69, 9.17) is 5.26 Å². The maximum Gasteiger partial charge on any atom is 0.250 e. The summed E-state index contributed by atoms with van der Waals surface area (Å²) >= 11 is 0. The Morgan fingerprint density at radius 3 is 3.05 bits per heavy atom. The van der Waals surface area contributed by atoms with Crippen molar-refractivity contribution in [1.29, 1.82) is 5.26 Å². The molecule has 0 fully saturated rings. The SMILES string of the molecule is Cn1c2c(ccc1=O)CC(NCc1cccc(C#N)c1)CC2. The Labute approximate surface area is 130 Å². The molecule has 1 aromatic carbocycles. The molecule has 4 nitrogen and oxygen atoms in total. The second-order valence-corrected chi connectivity index (χ2v) is 5.84. The molecule has 0 spiro atoms. The fraction of sp³-hybridized carbons (Fsp3) is 0.333. The number of benzene rings is 1. The fourth-order valence-corrected chi connectivity index (χ4v) is 3.11. The highest BCUT2D eigenvalue weighted by Gasteiger charge is 2.20. The second kappa shape index (κ2) is 6.17. The molecule has 1 aromatic heterocycles. The van der Waals surface area contributed by atoms with Gasteiger partial charge in [-0.1, -0.05) is 18.2 Å².